The molecule has 39 heavy (non-hydrogen) atoms. The van der Waals surface area contributed by atoms with E-state index >= 15 is 0 Å². The molecule has 0 bridgehead atoms. The average molecular weight is 544 g/mol. The van der Waals surface area contributed by atoms with Crippen molar-refractivity contribution in [1.82, 2.24) is 24.8 Å². The molecule has 2 saturated heterocycles. The molecule has 2 aliphatic rings. The van der Waals surface area contributed by atoms with Gasteiger partial charge in [-0.1, -0.05) is 17.7 Å². The van der Waals surface area contributed by atoms with Crippen LogP contribution >= 0.6 is 11.6 Å². The van der Waals surface area contributed by atoms with E-state index in [1.807, 2.05) is 54.6 Å². The van der Waals surface area contributed by atoms with Crippen LogP contribution in [0, 0.1) is 0 Å². The number of nitrogens with one attached hydrogen (secondary N) is 1. The molecule has 200 valence electrons. The third-order valence-corrected chi connectivity index (χ3v) is 7.82. The zero-order valence-electron chi connectivity index (χ0n) is 22.0. The Bertz CT molecular complexity index is 1510. The number of amidine groups is 1. The van der Waals surface area contributed by atoms with Gasteiger partial charge in [0, 0.05) is 37.4 Å². The topological polar surface area (TPSA) is 88.0 Å². The number of hydrogen-bond donors (Lipinski definition) is 1. The Kier molecular flexibility index (Phi) is 6.93. The van der Waals surface area contributed by atoms with E-state index in [-0.39, 0.29) is 5.54 Å². The maximum Gasteiger partial charge on any atom is 0.292 e. The van der Waals surface area contributed by atoms with Gasteiger partial charge in [-0.2, -0.15) is 4.99 Å². The summed E-state index contributed by atoms with van der Waals surface area (Å²) in [4.78, 5) is 22.6. The van der Waals surface area contributed by atoms with Crippen molar-refractivity contribution in [3.05, 3.63) is 77.8 Å². The number of rotatable bonds is 6. The molecule has 9 nitrogen and oxygen atoms in total. The average Bonchev–Trinajstić information content (AvgIpc) is 3.25. The highest BCUT2D eigenvalue weighted by molar-refractivity contribution is 6.32. The molecule has 4 aromatic rings. The number of likely N-dealkylation sites (N-methyl/N-ethyl adjacent to an activating group) is 1. The fraction of sp³-hybridized carbons (Fsp3) is 0.310. The molecule has 0 amide bonds. The second-order valence-electron chi connectivity index (χ2n) is 10.1. The minimum Gasteiger partial charge on any atom is -0.486 e. The van der Waals surface area contributed by atoms with Crippen LogP contribution in [0.25, 0.3) is 10.9 Å². The largest absolute Gasteiger partial charge is 0.486 e. The van der Waals surface area contributed by atoms with Gasteiger partial charge in [0.05, 0.1) is 27.5 Å². The minimum absolute atomic E-state index is 0.0186. The van der Waals surface area contributed by atoms with Crippen LogP contribution < -0.4 is 10.1 Å². The van der Waals surface area contributed by atoms with Crippen molar-refractivity contribution >= 4 is 45.7 Å². The standard InChI is InChI=1S/C29H30ClN7O2/c1-36-13-10-29(11-14-36)18-39-28(37(29)2)35-20-6-8-25-23(15-20)27(33-19-32-25)34-21-7-9-26(24(30)16-21)38-17-22-5-3-4-12-31-22/h3-9,12,15-16,19H,10-11,13-14,17-18H2,1-2H3,(H,32,33,34)/b35-28-. The number of halogens is 1. The number of hydrogen-bond acceptors (Lipinski definition) is 8. The number of benzene rings is 2. The van der Waals surface area contributed by atoms with Gasteiger partial charge in [0.1, 0.15) is 31.1 Å². The lowest BCUT2D eigenvalue weighted by atomic mass is 9.88. The first kappa shape index (κ1) is 25.3. The van der Waals surface area contributed by atoms with Gasteiger partial charge < -0.3 is 24.6 Å². The van der Waals surface area contributed by atoms with Crippen LogP contribution in [0.3, 0.4) is 0 Å². The van der Waals surface area contributed by atoms with Crippen molar-refractivity contribution in [3.8, 4) is 5.75 Å². The van der Waals surface area contributed by atoms with E-state index in [4.69, 9.17) is 26.1 Å². The number of ether oxygens (including phenoxy) is 2. The van der Waals surface area contributed by atoms with Crippen molar-refractivity contribution in [2.24, 2.45) is 4.99 Å². The predicted molar refractivity (Wildman–Crippen MR) is 153 cm³/mol. The van der Waals surface area contributed by atoms with Crippen LogP contribution in [0.2, 0.25) is 5.02 Å². The summed E-state index contributed by atoms with van der Waals surface area (Å²) >= 11 is 6.53. The Morgan fingerprint density at radius 2 is 1.92 bits per heavy atom. The molecule has 0 atom stereocenters. The van der Waals surface area contributed by atoms with Crippen LogP contribution in [0.1, 0.15) is 18.5 Å². The second-order valence-corrected chi connectivity index (χ2v) is 10.5. The first-order chi connectivity index (χ1) is 19.0. The van der Waals surface area contributed by atoms with Gasteiger partial charge in [0.2, 0.25) is 0 Å². The van der Waals surface area contributed by atoms with Crippen LogP contribution in [0.4, 0.5) is 17.2 Å². The van der Waals surface area contributed by atoms with E-state index < -0.39 is 0 Å². The van der Waals surface area contributed by atoms with Crippen molar-refractivity contribution < 1.29 is 9.47 Å². The molecular weight excluding hydrogens is 514 g/mol. The first-order valence-electron chi connectivity index (χ1n) is 13.0. The number of likely N-dealkylation sites (tertiary alicyclic amines) is 1. The Labute approximate surface area is 232 Å². The molecule has 1 spiro atoms. The minimum atomic E-state index is 0.0186. The van der Waals surface area contributed by atoms with Gasteiger partial charge in [-0.25, -0.2) is 9.97 Å². The molecule has 2 aromatic heterocycles. The zero-order chi connectivity index (χ0) is 26.8. The number of anilines is 2. The highest BCUT2D eigenvalue weighted by Gasteiger charge is 2.45. The van der Waals surface area contributed by atoms with Crippen LogP contribution in [0.5, 0.6) is 5.75 Å². The number of aliphatic imine (C=N–C) groups is 1. The molecule has 4 heterocycles. The number of piperidine rings is 1. The van der Waals surface area contributed by atoms with E-state index in [0.29, 0.717) is 35.8 Å². The number of nitrogens with zero attached hydrogens (tertiary/aromatic N) is 6. The number of pyridine rings is 1. The first-order valence-corrected chi connectivity index (χ1v) is 13.3. The maximum atomic E-state index is 6.53. The number of aromatic nitrogens is 3. The highest BCUT2D eigenvalue weighted by atomic mass is 35.5. The fourth-order valence-corrected chi connectivity index (χ4v) is 5.24. The van der Waals surface area contributed by atoms with E-state index in [2.05, 4.69) is 44.2 Å². The molecule has 0 radical (unpaired) electrons. The second kappa shape index (κ2) is 10.7. The number of fused-ring (bicyclic) bond motifs is 1. The van der Waals surface area contributed by atoms with Gasteiger partial charge in [-0.05, 0) is 68.4 Å². The highest BCUT2D eigenvalue weighted by Crippen LogP contribution is 2.35. The Hall–Kier alpha value is -3.95. The molecule has 1 N–H and O–H groups in total. The summed E-state index contributed by atoms with van der Waals surface area (Å²) in [5, 5.41) is 4.71. The Morgan fingerprint density at radius 3 is 2.72 bits per heavy atom. The van der Waals surface area contributed by atoms with Crippen molar-refractivity contribution in [3.63, 3.8) is 0 Å². The molecule has 0 saturated carbocycles. The Balaban J connectivity index is 1.21. The summed E-state index contributed by atoms with van der Waals surface area (Å²) in [7, 11) is 4.25. The van der Waals surface area contributed by atoms with Gasteiger partial charge in [0.25, 0.3) is 6.02 Å². The van der Waals surface area contributed by atoms with E-state index in [1.54, 1.807) is 12.5 Å². The van der Waals surface area contributed by atoms with Gasteiger partial charge >= 0.3 is 0 Å². The molecular formula is C29H30ClN7O2. The Morgan fingerprint density at radius 1 is 1.05 bits per heavy atom. The summed E-state index contributed by atoms with van der Waals surface area (Å²) in [5.41, 5.74) is 3.22. The monoisotopic (exact) mass is 543 g/mol. The summed E-state index contributed by atoms with van der Waals surface area (Å²) < 4.78 is 11.9. The summed E-state index contributed by atoms with van der Waals surface area (Å²) in [6.45, 7) is 3.13. The van der Waals surface area contributed by atoms with Crippen molar-refractivity contribution in [2.45, 2.75) is 25.0 Å². The fourth-order valence-electron chi connectivity index (χ4n) is 5.01. The molecule has 0 unspecified atom stereocenters. The quantitative estimate of drug-likeness (QED) is 0.345. The molecule has 10 heteroatoms. The van der Waals surface area contributed by atoms with E-state index in [1.165, 1.54) is 0 Å². The zero-order valence-corrected chi connectivity index (χ0v) is 22.7. The third-order valence-electron chi connectivity index (χ3n) is 7.53. The maximum absolute atomic E-state index is 6.53. The van der Waals surface area contributed by atoms with Gasteiger partial charge in [-0.3, -0.25) is 4.98 Å². The normalized spacial score (nSPS) is 18.0. The predicted octanol–water partition coefficient (Wildman–Crippen LogP) is 5.41. The van der Waals surface area contributed by atoms with Crippen molar-refractivity contribution in [1.29, 1.82) is 0 Å². The third kappa shape index (κ3) is 5.32. The molecule has 6 rings (SSSR count). The van der Waals surface area contributed by atoms with Crippen LogP contribution in [0.15, 0.2) is 72.1 Å². The van der Waals surface area contributed by atoms with Gasteiger partial charge in [0.15, 0.2) is 0 Å². The molecule has 2 aliphatic heterocycles. The van der Waals surface area contributed by atoms with E-state index in [0.717, 1.165) is 53.9 Å². The van der Waals surface area contributed by atoms with Crippen LogP contribution in [-0.2, 0) is 11.3 Å². The summed E-state index contributed by atoms with van der Waals surface area (Å²) in [6.07, 6.45) is 5.41. The summed E-state index contributed by atoms with van der Waals surface area (Å²) in [6, 6.07) is 17.8. The lowest BCUT2D eigenvalue weighted by Gasteiger charge is -2.40. The van der Waals surface area contributed by atoms with Crippen LogP contribution in [-0.4, -0.2) is 70.1 Å². The van der Waals surface area contributed by atoms with Gasteiger partial charge in [-0.15, -0.1) is 0 Å². The SMILES string of the molecule is CN1CCC2(CC1)CO/C(=N\c1ccc3ncnc(Nc4ccc(OCc5ccccn5)c(Cl)c4)c3c1)N2C. The smallest absolute Gasteiger partial charge is 0.292 e. The lowest BCUT2D eigenvalue weighted by molar-refractivity contribution is 0.101. The molecule has 2 fully saturated rings. The molecule has 2 aromatic carbocycles. The van der Waals surface area contributed by atoms with Crippen molar-refractivity contribution in [2.75, 3.05) is 39.1 Å². The van der Waals surface area contributed by atoms with E-state index in [9.17, 15) is 0 Å². The molecule has 0 aliphatic carbocycles. The summed E-state index contributed by atoms with van der Waals surface area (Å²) in [5.74, 6) is 1.24. The lowest BCUT2D eigenvalue weighted by Crippen LogP contribution is -2.52.